The van der Waals surface area contributed by atoms with Gasteiger partial charge in [0.1, 0.15) is 17.4 Å². The molecule has 0 saturated heterocycles. The van der Waals surface area contributed by atoms with E-state index in [0.29, 0.717) is 12.8 Å². The highest BCUT2D eigenvalue weighted by molar-refractivity contribution is 5.83. The third kappa shape index (κ3) is 2.87. The van der Waals surface area contributed by atoms with Gasteiger partial charge in [-0.1, -0.05) is 19.9 Å². The second-order valence-electron chi connectivity index (χ2n) is 3.86. The minimum atomic E-state index is -0.640. The number of halogens is 2. The molecule has 1 rings (SSSR count). The highest BCUT2D eigenvalue weighted by atomic mass is 19.1. The molecule has 0 aromatic heterocycles. The summed E-state index contributed by atoms with van der Waals surface area (Å²) in [5.74, 6) is -1.47. The van der Waals surface area contributed by atoms with Crippen LogP contribution in [0.4, 0.5) is 8.78 Å². The molecule has 0 heterocycles. The quantitative estimate of drug-likeness (QED) is 0.750. The van der Waals surface area contributed by atoms with Crippen LogP contribution in [-0.4, -0.2) is 5.78 Å². The van der Waals surface area contributed by atoms with Gasteiger partial charge in [-0.25, -0.2) is 8.78 Å². The van der Waals surface area contributed by atoms with Gasteiger partial charge >= 0.3 is 0 Å². The Kier molecular flexibility index (Phi) is 4.59. The molecule has 0 aliphatic rings. The van der Waals surface area contributed by atoms with Gasteiger partial charge in [0.2, 0.25) is 0 Å². The zero-order valence-corrected chi connectivity index (χ0v) is 9.59. The van der Waals surface area contributed by atoms with Crippen LogP contribution >= 0.6 is 0 Å². The lowest BCUT2D eigenvalue weighted by molar-refractivity contribution is -0.122. The molecule has 1 aromatic carbocycles. The third-order valence-electron chi connectivity index (χ3n) is 2.85. The van der Waals surface area contributed by atoms with Gasteiger partial charge in [0, 0.05) is 17.9 Å². The molecule has 16 heavy (non-hydrogen) atoms. The topological polar surface area (TPSA) is 17.1 Å². The summed E-state index contributed by atoms with van der Waals surface area (Å²) in [5, 5.41) is 0. The van der Waals surface area contributed by atoms with E-state index in [2.05, 4.69) is 0 Å². The number of Topliss-reactive ketones (excluding diaryl/α,β-unsaturated/α-hetero) is 1. The van der Waals surface area contributed by atoms with Crippen LogP contribution in [0.1, 0.15) is 32.3 Å². The zero-order chi connectivity index (χ0) is 12.1. The van der Waals surface area contributed by atoms with Crippen molar-refractivity contribution in [1.82, 2.24) is 0 Å². The molecule has 0 saturated carbocycles. The number of hydrogen-bond acceptors (Lipinski definition) is 1. The third-order valence-corrected chi connectivity index (χ3v) is 2.85. The zero-order valence-electron chi connectivity index (χ0n) is 9.59. The fourth-order valence-corrected chi connectivity index (χ4v) is 1.76. The maximum atomic E-state index is 13.3. The highest BCUT2D eigenvalue weighted by Gasteiger charge is 2.18. The summed E-state index contributed by atoms with van der Waals surface area (Å²) in [6.45, 7) is 3.81. The Labute approximate surface area is 94.5 Å². The molecule has 0 fully saturated rings. The standard InChI is InChI=1S/C13H16F2O/c1-3-9(4-2)13(16)8-10-11(14)6-5-7-12(10)15/h5-7,9H,3-4,8H2,1-2H3. The number of ketones is 1. The molecule has 0 unspecified atom stereocenters. The fraction of sp³-hybridized carbons (Fsp3) is 0.462. The largest absolute Gasteiger partial charge is 0.299 e. The smallest absolute Gasteiger partial charge is 0.140 e. The van der Waals surface area contributed by atoms with Crippen molar-refractivity contribution in [3.8, 4) is 0 Å². The van der Waals surface area contributed by atoms with Crippen LogP contribution < -0.4 is 0 Å². The number of rotatable bonds is 5. The van der Waals surface area contributed by atoms with Gasteiger partial charge in [-0.05, 0) is 25.0 Å². The number of carbonyl (C=O) groups excluding carboxylic acids is 1. The Bertz CT molecular complexity index is 350. The molecule has 0 radical (unpaired) electrons. The summed E-state index contributed by atoms with van der Waals surface area (Å²) in [7, 11) is 0. The van der Waals surface area contributed by atoms with Crippen molar-refractivity contribution in [1.29, 1.82) is 0 Å². The predicted octanol–water partition coefficient (Wildman–Crippen LogP) is 3.51. The van der Waals surface area contributed by atoms with E-state index in [4.69, 9.17) is 0 Å². The molecule has 0 atom stereocenters. The van der Waals surface area contributed by atoms with Gasteiger partial charge in [0.15, 0.2) is 0 Å². The fourth-order valence-electron chi connectivity index (χ4n) is 1.76. The molecule has 3 heteroatoms. The summed E-state index contributed by atoms with van der Waals surface area (Å²) >= 11 is 0. The van der Waals surface area contributed by atoms with Gasteiger partial charge in [-0.3, -0.25) is 4.79 Å². The van der Waals surface area contributed by atoms with Crippen LogP contribution in [0.25, 0.3) is 0 Å². The average Bonchev–Trinajstić information content (AvgIpc) is 2.25. The number of hydrogen-bond donors (Lipinski definition) is 0. The first-order valence-corrected chi connectivity index (χ1v) is 5.55. The van der Waals surface area contributed by atoms with Crippen molar-refractivity contribution >= 4 is 5.78 Å². The van der Waals surface area contributed by atoms with Gasteiger partial charge in [-0.2, -0.15) is 0 Å². The lowest BCUT2D eigenvalue weighted by Crippen LogP contribution is -2.16. The monoisotopic (exact) mass is 226 g/mol. The van der Waals surface area contributed by atoms with Crippen molar-refractivity contribution in [3.63, 3.8) is 0 Å². The molecular weight excluding hydrogens is 210 g/mol. The van der Waals surface area contributed by atoms with E-state index < -0.39 is 11.6 Å². The van der Waals surface area contributed by atoms with E-state index in [1.165, 1.54) is 18.2 Å². The number of carbonyl (C=O) groups is 1. The lowest BCUT2D eigenvalue weighted by Gasteiger charge is -2.11. The summed E-state index contributed by atoms with van der Waals surface area (Å²) in [6.07, 6.45) is 1.28. The second kappa shape index (κ2) is 5.73. The van der Waals surface area contributed by atoms with E-state index in [0.717, 1.165) is 0 Å². The number of benzene rings is 1. The minimum Gasteiger partial charge on any atom is -0.299 e. The summed E-state index contributed by atoms with van der Waals surface area (Å²) < 4.78 is 26.6. The van der Waals surface area contributed by atoms with Crippen LogP contribution in [0.2, 0.25) is 0 Å². The van der Waals surface area contributed by atoms with Crippen molar-refractivity contribution in [2.45, 2.75) is 33.1 Å². The van der Waals surface area contributed by atoms with Crippen LogP contribution in [-0.2, 0) is 11.2 Å². The molecule has 1 nitrogen and oxygen atoms in total. The normalized spacial score (nSPS) is 10.8. The van der Waals surface area contributed by atoms with Crippen molar-refractivity contribution in [2.75, 3.05) is 0 Å². The van der Waals surface area contributed by atoms with E-state index in [-0.39, 0.29) is 23.7 Å². The Morgan fingerprint density at radius 2 is 1.69 bits per heavy atom. The van der Waals surface area contributed by atoms with Gasteiger partial charge in [-0.15, -0.1) is 0 Å². The summed E-state index contributed by atoms with van der Waals surface area (Å²) in [4.78, 5) is 11.7. The van der Waals surface area contributed by atoms with E-state index >= 15 is 0 Å². The first-order chi connectivity index (χ1) is 7.60. The van der Waals surface area contributed by atoms with E-state index in [9.17, 15) is 13.6 Å². The maximum absolute atomic E-state index is 13.3. The summed E-state index contributed by atoms with van der Waals surface area (Å²) in [6, 6.07) is 3.66. The van der Waals surface area contributed by atoms with Crippen LogP contribution in [0.15, 0.2) is 18.2 Å². The van der Waals surface area contributed by atoms with Gasteiger partial charge in [0.05, 0.1) is 0 Å². The Balaban J connectivity index is 2.84. The van der Waals surface area contributed by atoms with Crippen LogP contribution in [0.5, 0.6) is 0 Å². The highest BCUT2D eigenvalue weighted by Crippen LogP contribution is 2.17. The Hall–Kier alpha value is -1.25. The molecule has 88 valence electrons. The maximum Gasteiger partial charge on any atom is 0.140 e. The minimum absolute atomic E-state index is 0.0889. The molecule has 0 aliphatic carbocycles. The SMILES string of the molecule is CCC(CC)C(=O)Cc1c(F)cccc1F. The van der Waals surface area contributed by atoms with Gasteiger partial charge in [0.25, 0.3) is 0 Å². The molecule has 0 bridgehead atoms. The van der Waals surface area contributed by atoms with Crippen molar-refractivity contribution in [3.05, 3.63) is 35.4 Å². The molecule has 0 aliphatic heterocycles. The van der Waals surface area contributed by atoms with Crippen molar-refractivity contribution < 1.29 is 13.6 Å². The second-order valence-corrected chi connectivity index (χ2v) is 3.86. The molecule has 0 amide bonds. The summed E-state index contributed by atoms with van der Waals surface area (Å²) in [5.41, 5.74) is -0.112. The molecule has 0 spiro atoms. The first kappa shape index (κ1) is 12.8. The van der Waals surface area contributed by atoms with Crippen LogP contribution in [0, 0.1) is 17.6 Å². The first-order valence-electron chi connectivity index (χ1n) is 5.55. The van der Waals surface area contributed by atoms with Crippen LogP contribution in [0.3, 0.4) is 0 Å². The molecule has 1 aromatic rings. The van der Waals surface area contributed by atoms with E-state index in [1.807, 2.05) is 13.8 Å². The Morgan fingerprint density at radius 1 is 1.19 bits per heavy atom. The predicted molar refractivity (Wildman–Crippen MR) is 59.1 cm³/mol. The molecular formula is C13H16F2O. The molecule has 0 N–H and O–H groups in total. The van der Waals surface area contributed by atoms with Gasteiger partial charge < -0.3 is 0 Å². The lowest BCUT2D eigenvalue weighted by atomic mass is 9.93. The van der Waals surface area contributed by atoms with E-state index in [1.54, 1.807) is 0 Å². The average molecular weight is 226 g/mol. The van der Waals surface area contributed by atoms with Crippen molar-refractivity contribution in [2.24, 2.45) is 5.92 Å². The Morgan fingerprint density at radius 3 is 2.12 bits per heavy atom.